The minimum Gasteiger partial charge on any atom is -0.381 e. The zero-order valence-electron chi connectivity index (χ0n) is 15.1. The number of rotatable bonds is 8. The lowest BCUT2D eigenvalue weighted by atomic mass is 9.98. The molecule has 2 aliphatic rings. The van der Waals surface area contributed by atoms with Gasteiger partial charge in [-0.15, -0.1) is 0 Å². The highest BCUT2D eigenvalue weighted by Gasteiger charge is 2.19. The molecule has 1 heterocycles. The van der Waals surface area contributed by atoms with Gasteiger partial charge in [-0.3, -0.25) is 4.99 Å². The van der Waals surface area contributed by atoms with Crippen molar-refractivity contribution in [2.45, 2.75) is 58.0 Å². The lowest BCUT2D eigenvalue weighted by molar-refractivity contribution is 0.0281. The maximum atomic E-state index is 5.97. The van der Waals surface area contributed by atoms with E-state index in [9.17, 15) is 0 Å². The third kappa shape index (κ3) is 7.08. The van der Waals surface area contributed by atoms with Crippen LogP contribution in [-0.2, 0) is 9.47 Å². The van der Waals surface area contributed by atoms with E-state index in [-0.39, 0.29) is 0 Å². The van der Waals surface area contributed by atoms with E-state index in [4.69, 9.17) is 14.5 Å². The molecule has 1 saturated heterocycles. The smallest absolute Gasteiger partial charge is 0.193 e. The molecule has 1 aliphatic carbocycles. The van der Waals surface area contributed by atoms with E-state index in [1.165, 1.54) is 38.5 Å². The summed E-state index contributed by atoms with van der Waals surface area (Å²) < 4.78 is 11.4. The number of ether oxygens (including phenoxy) is 2. The van der Waals surface area contributed by atoms with Gasteiger partial charge in [-0.1, -0.05) is 19.3 Å². The SMILES string of the molecule is CCNC(=NCCCOC1CCCCC1)N(C)CC1CCOC1. The van der Waals surface area contributed by atoms with Crippen LogP contribution in [0.15, 0.2) is 4.99 Å². The van der Waals surface area contributed by atoms with Gasteiger partial charge < -0.3 is 19.7 Å². The zero-order valence-corrected chi connectivity index (χ0v) is 15.1. The first-order valence-electron chi connectivity index (χ1n) is 9.48. The van der Waals surface area contributed by atoms with Crippen LogP contribution in [0.4, 0.5) is 0 Å². The van der Waals surface area contributed by atoms with Gasteiger partial charge in [0.05, 0.1) is 12.7 Å². The Morgan fingerprint density at radius 2 is 2.09 bits per heavy atom. The Balaban J connectivity index is 1.65. The fourth-order valence-electron chi connectivity index (χ4n) is 3.40. The van der Waals surface area contributed by atoms with Crippen molar-refractivity contribution in [3.05, 3.63) is 0 Å². The summed E-state index contributed by atoms with van der Waals surface area (Å²) in [7, 11) is 2.12. The monoisotopic (exact) mass is 325 g/mol. The van der Waals surface area contributed by atoms with E-state index in [1.54, 1.807) is 0 Å². The molecule has 0 spiro atoms. The second-order valence-corrected chi connectivity index (χ2v) is 6.83. The van der Waals surface area contributed by atoms with E-state index in [2.05, 4.69) is 24.2 Å². The van der Waals surface area contributed by atoms with Crippen LogP contribution in [0.1, 0.15) is 51.9 Å². The maximum Gasteiger partial charge on any atom is 0.193 e. The second-order valence-electron chi connectivity index (χ2n) is 6.83. The highest BCUT2D eigenvalue weighted by Crippen LogP contribution is 2.20. The van der Waals surface area contributed by atoms with Crippen molar-refractivity contribution in [1.29, 1.82) is 0 Å². The van der Waals surface area contributed by atoms with Crippen molar-refractivity contribution in [3.8, 4) is 0 Å². The van der Waals surface area contributed by atoms with Crippen molar-refractivity contribution in [1.82, 2.24) is 10.2 Å². The van der Waals surface area contributed by atoms with Gasteiger partial charge in [0.15, 0.2) is 5.96 Å². The number of nitrogens with one attached hydrogen (secondary N) is 1. The largest absolute Gasteiger partial charge is 0.381 e. The number of nitrogens with zero attached hydrogens (tertiary/aromatic N) is 2. The molecule has 2 rings (SSSR count). The number of guanidine groups is 1. The number of hydrogen-bond donors (Lipinski definition) is 1. The molecule has 0 aromatic carbocycles. The van der Waals surface area contributed by atoms with Gasteiger partial charge in [0.25, 0.3) is 0 Å². The van der Waals surface area contributed by atoms with E-state index >= 15 is 0 Å². The van der Waals surface area contributed by atoms with E-state index < -0.39 is 0 Å². The standard InChI is InChI=1S/C18H35N3O2/c1-3-19-18(21(2)14-16-10-13-22-15-16)20-11-7-12-23-17-8-5-4-6-9-17/h16-17H,3-15H2,1-2H3,(H,19,20). The first-order valence-corrected chi connectivity index (χ1v) is 9.48. The molecule has 1 saturated carbocycles. The Labute approximate surface area is 141 Å². The van der Waals surface area contributed by atoms with Crippen molar-refractivity contribution >= 4 is 5.96 Å². The summed E-state index contributed by atoms with van der Waals surface area (Å²) in [5, 5.41) is 3.39. The zero-order chi connectivity index (χ0) is 16.3. The van der Waals surface area contributed by atoms with Crippen LogP contribution in [0.5, 0.6) is 0 Å². The Kier molecular flexibility index (Phi) is 8.76. The molecule has 1 N–H and O–H groups in total. The van der Waals surface area contributed by atoms with Crippen molar-refractivity contribution in [3.63, 3.8) is 0 Å². The third-order valence-electron chi connectivity index (χ3n) is 4.72. The first-order chi connectivity index (χ1) is 11.3. The molecule has 0 aromatic heterocycles. The molecule has 1 atom stereocenters. The molecule has 0 radical (unpaired) electrons. The Morgan fingerprint density at radius 1 is 1.26 bits per heavy atom. The van der Waals surface area contributed by atoms with Crippen LogP contribution >= 0.6 is 0 Å². The molecule has 2 fully saturated rings. The lowest BCUT2D eigenvalue weighted by Gasteiger charge is -2.24. The predicted molar refractivity (Wildman–Crippen MR) is 95.0 cm³/mol. The van der Waals surface area contributed by atoms with Gasteiger partial charge in [-0.05, 0) is 32.6 Å². The fraction of sp³-hybridized carbons (Fsp3) is 0.944. The summed E-state index contributed by atoms with van der Waals surface area (Å²) >= 11 is 0. The molecule has 5 nitrogen and oxygen atoms in total. The molecule has 0 aromatic rings. The maximum absolute atomic E-state index is 5.97. The molecule has 23 heavy (non-hydrogen) atoms. The van der Waals surface area contributed by atoms with Gasteiger partial charge in [-0.25, -0.2) is 0 Å². The number of hydrogen-bond acceptors (Lipinski definition) is 3. The molecule has 0 amide bonds. The van der Waals surface area contributed by atoms with Gasteiger partial charge >= 0.3 is 0 Å². The van der Waals surface area contributed by atoms with Crippen LogP contribution in [0.2, 0.25) is 0 Å². The summed E-state index contributed by atoms with van der Waals surface area (Å²) in [6, 6.07) is 0. The van der Waals surface area contributed by atoms with E-state index in [0.717, 1.165) is 51.8 Å². The topological polar surface area (TPSA) is 46.1 Å². The molecule has 5 heteroatoms. The van der Waals surface area contributed by atoms with E-state index in [1.807, 2.05) is 0 Å². The quantitative estimate of drug-likeness (QED) is 0.423. The summed E-state index contributed by atoms with van der Waals surface area (Å²) in [5.41, 5.74) is 0. The van der Waals surface area contributed by atoms with Crippen molar-refractivity contribution in [2.75, 3.05) is 46.5 Å². The lowest BCUT2D eigenvalue weighted by Crippen LogP contribution is -2.41. The third-order valence-corrected chi connectivity index (χ3v) is 4.72. The first kappa shape index (κ1) is 18.5. The predicted octanol–water partition coefficient (Wildman–Crippen LogP) is 2.66. The average molecular weight is 325 g/mol. The minimum atomic E-state index is 0.506. The molecular weight excluding hydrogens is 290 g/mol. The normalized spacial score (nSPS) is 23.2. The minimum absolute atomic E-state index is 0.506. The second kappa shape index (κ2) is 10.9. The van der Waals surface area contributed by atoms with Gasteiger partial charge in [-0.2, -0.15) is 0 Å². The van der Waals surface area contributed by atoms with Crippen LogP contribution in [0.3, 0.4) is 0 Å². The highest BCUT2D eigenvalue weighted by molar-refractivity contribution is 5.79. The summed E-state index contributed by atoms with van der Waals surface area (Å²) in [4.78, 5) is 6.99. The molecule has 134 valence electrons. The average Bonchev–Trinajstić information content (AvgIpc) is 3.07. The van der Waals surface area contributed by atoms with E-state index in [0.29, 0.717) is 12.0 Å². The Bertz CT molecular complexity index is 337. The van der Waals surface area contributed by atoms with Crippen LogP contribution in [0.25, 0.3) is 0 Å². The van der Waals surface area contributed by atoms with Crippen molar-refractivity contribution < 1.29 is 9.47 Å². The molecule has 0 bridgehead atoms. The Hall–Kier alpha value is -0.810. The van der Waals surface area contributed by atoms with Crippen LogP contribution in [0, 0.1) is 5.92 Å². The fourth-order valence-corrected chi connectivity index (χ4v) is 3.40. The molecule has 1 aliphatic heterocycles. The van der Waals surface area contributed by atoms with Gasteiger partial charge in [0.1, 0.15) is 0 Å². The van der Waals surface area contributed by atoms with Crippen LogP contribution in [-0.4, -0.2) is 63.5 Å². The number of aliphatic imine (C=N–C) groups is 1. The molecular formula is C18H35N3O2. The highest BCUT2D eigenvalue weighted by atomic mass is 16.5. The summed E-state index contributed by atoms with van der Waals surface area (Å²) in [5.74, 6) is 1.65. The van der Waals surface area contributed by atoms with Crippen molar-refractivity contribution in [2.24, 2.45) is 10.9 Å². The van der Waals surface area contributed by atoms with Crippen LogP contribution < -0.4 is 5.32 Å². The summed E-state index contributed by atoms with van der Waals surface area (Å²) in [6.45, 7) is 7.51. The molecule has 1 unspecified atom stereocenters. The Morgan fingerprint density at radius 3 is 2.78 bits per heavy atom. The van der Waals surface area contributed by atoms with Gasteiger partial charge in [0.2, 0.25) is 0 Å². The van der Waals surface area contributed by atoms with Gasteiger partial charge in [0, 0.05) is 45.8 Å². The summed E-state index contributed by atoms with van der Waals surface area (Å²) in [6.07, 6.45) is 9.23.